The van der Waals surface area contributed by atoms with Gasteiger partial charge in [0.05, 0.1) is 11.7 Å². The highest BCUT2D eigenvalue weighted by Crippen LogP contribution is 2.13. The van der Waals surface area contributed by atoms with Crippen molar-refractivity contribution >= 4 is 34.4 Å². The third-order valence-electron chi connectivity index (χ3n) is 2.24. The fourth-order valence-corrected chi connectivity index (χ4v) is 1.55. The number of hydrazone groups is 1. The molecule has 17 heavy (non-hydrogen) atoms. The first-order valence-electron chi connectivity index (χ1n) is 5.11. The maximum atomic E-state index is 5.26. The van der Waals surface area contributed by atoms with Gasteiger partial charge in [-0.05, 0) is 42.9 Å². The summed E-state index contributed by atoms with van der Waals surface area (Å²) in [5, 5.41) is 5.13. The molecule has 0 atom stereocenters. The first kappa shape index (κ1) is 11.5. The van der Waals surface area contributed by atoms with E-state index in [4.69, 9.17) is 5.73 Å². The van der Waals surface area contributed by atoms with E-state index in [1.54, 1.807) is 6.21 Å². The highest BCUT2D eigenvalue weighted by molar-refractivity contribution is 7.80. The van der Waals surface area contributed by atoms with Crippen LogP contribution in [0.5, 0.6) is 0 Å². The molecule has 86 valence electrons. The van der Waals surface area contributed by atoms with Crippen LogP contribution < -0.4 is 11.2 Å². The Kier molecular flexibility index (Phi) is 3.30. The number of hydrogen-bond donors (Lipinski definition) is 2. The van der Waals surface area contributed by atoms with Crippen LogP contribution in [-0.4, -0.2) is 16.3 Å². The summed E-state index contributed by atoms with van der Waals surface area (Å²) < 4.78 is 0. The van der Waals surface area contributed by atoms with E-state index in [2.05, 4.69) is 27.7 Å². The van der Waals surface area contributed by atoms with Crippen LogP contribution in [0.1, 0.15) is 11.3 Å². The molecule has 0 aliphatic heterocycles. The highest BCUT2D eigenvalue weighted by atomic mass is 32.1. The SMILES string of the molecule is Cc1ccc2cc(/C=N/NC(N)=S)ccc2n1. The lowest BCUT2D eigenvalue weighted by Crippen LogP contribution is -2.23. The monoisotopic (exact) mass is 244 g/mol. The number of aryl methyl sites for hydroxylation is 1. The molecule has 2 aromatic rings. The van der Waals surface area contributed by atoms with Crippen molar-refractivity contribution in [2.75, 3.05) is 0 Å². The summed E-state index contributed by atoms with van der Waals surface area (Å²) in [5.74, 6) is 0. The van der Waals surface area contributed by atoms with Crippen LogP contribution in [0.2, 0.25) is 0 Å². The maximum Gasteiger partial charge on any atom is 0.184 e. The number of nitrogens with two attached hydrogens (primary N) is 1. The molecule has 0 radical (unpaired) electrons. The first-order valence-corrected chi connectivity index (χ1v) is 5.52. The van der Waals surface area contributed by atoms with Gasteiger partial charge in [-0.3, -0.25) is 10.4 Å². The van der Waals surface area contributed by atoms with E-state index in [1.165, 1.54) is 0 Å². The number of nitrogens with zero attached hydrogens (tertiary/aromatic N) is 2. The van der Waals surface area contributed by atoms with E-state index in [0.717, 1.165) is 22.2 Å². The summed E-state index contributed by atoms with van der Waals surface area (Å²) >= 11 is 4.65. The fraction of sp³-hybridized carbons (Fsp3) is 0.0833. The minimum absolute atomic E-state index is 0.152. The maximum absolute atomic E-state index is 5.26. The molecule has 0 spiro atoms. The van der Waals surface area contributed by atoms with Gasteiger partial charge in [-0.1, -0.05) is 12.1 Å². The molecule has 1 aromatic carbocycles. The molecule has 4 nitrogen and oxygen atoms in total. The molecule has 0 aliphatic carbocycles. The van der Waals surface area contributed by atoms with Gasteiger partial charge in [-0.25, -0.2) is 0 Å². The van der Waals surface area contributed by atoms with Crippen LogP contribution in [0.4, 0.5) is 0 Å². The van der Waals surface area contributed by atoms with E-state index in [1.807, 2.05) is 37.3 Å². The van der Waals surface area contributed by atoms with Crippen LogP contribution in [0.15, 0.2) is 35.4 Å². The normalized spacial score (nSPS) is 10.9. The summed E-state index contributed by atoms with van der Waals surface area (Å²) in [5.41, 5.74) is 10.7. The number of thiocarbonyl (C=S) groups is 1. The summed E-state index contributed by atoms with van der Waals surface area (Å²) in [6.07, 6.45) is 1.67. The standard InChI is InChI=1S/C12H12N4S/c1-8-2-4-10-6-9(3-5-11(10)15-8)7-14-16-12(13)17/h2-7H,1H3,(H3,13,16,17)/b14-7+. The number of rotatable bonds is 2. The van der Waals surface area contributed by atoms with Gasteiger partial charge >= 0.3 is 0 Å². The lowest BCUT2D eigenvalue weighted by atomic mass is 10.1. The van der Waals surface area contributed by atoms with Crippen LogP contribution in [0.3, 0.4) is 0 Å². The van der Waals surface area contributed by atoms with Crippen molar-refractivity contribution in [2.45, 2.75) is 6.92 Å². The van der Waals surface area contributed by atoms with Gasteiger partial charge in [-0.2, -0.15) is 5.10 Å². The Morgan fingerprint density at radius 1 is 1.41 bits per heavy atom. The zero-order valence-electron chi connectivity index (χ0n) is 9.34. The molecule has 1 heterocycles. The molecular formula is C12H12N4S. The second-order valence-corrected chi connectivity index (χ2v) is 4.08. The molecule has 1 aromatic heterocycles. The van der Waals surface area contributed by atoms with E-state index < -0.39 is 0 Å². The molecular weight excluding hydrogens is 232 g/mol. The molecule has 0 unspecified atom stereocenters. The highest BCUT2D eigenvalue weighted by Gasteiger charge is 1.96. The van der Waals surface area contributed by atoms with Gasteiger partial charge in [0.2, 0.25) is 0 Å². The average Bonchev–Trinajstić information content (AvgIpc) is 2.29. The van der Waals surface area contributed by atoms with Crippen molar-refractivity contribution < 1.29 is 0 Å². The lowest BCUT2D eigenvalue weighted by molar-refractivity contribution is 1.04. The molecule has 0 amide bonds. The summed E-state index contributed by atoms with van der Waals surface area (Å²) in [6, 6.07) is 9.93. The van der Waals surface area contributed by atoms with Gasteiger partial charge in [0.1, 0.15) is 0 Å². The minimum Gasteiger partial charge on any atom is -0.375 e. The Bertz CT molecular complexity index is 592. The average molecular weight is 244 g/mol. The number of aromatic nitrogens is 1. The summed E-state index contributed by atoms with van der Waals surface area (Å²) in [7, 11) is 0. The van der Waals surface area contributed by atoms with Gasteiger partial charge in [0, 0.05) is 11.1 Å². The second-order valence-electron chi connectivity index (χ2n) is 3.64. The summed E-state index contributed by atoms with van der Waals surface area (Å²) in [4.78, 5) is 4.42. The summed E-state index contributed by atoms with van der Waals surface area (Å²) in [6.45, 7) is 1.97. The van der Waals surface area contributed by atoms with Gasteiger partial charge in [0.15, 0.2) is 5.11 Å². The third kappa shape index (κ3) is 2.98. The van der Waals surface area contributed by atoms with Crippen LogP contribution in [0, 0.1) is 6.92 Å². The quantitative estimate of drug-likeness (QED) is 0.479. The smallest absolute Gasteiger partial charge is 0.184 e. The number of pyridine rings is 1. The molecule has 0 bridgehead atoms. The molecule has 0 fully saturated rings. The fourth-order valence-electron chi connectivity index (χ4n) is 1.50. The molecule has 5 heteroatoms. The van der Waals surface area contributed by atoms with E-state index in [0.29, 0.717) is 0 Å². The topological polar surface area (TPSA) is 63.3 Å². The Hall–Kier alpha value is -2.01. The second kappa shape index (κ2) is 4.88. The van der Waals surface area contributed by atoms with Crippen molar-refractivity contribution in [2.24, 2.45) is 10.8 Å². The Balaban J connectivity index is 2.29. The van der Waals surface area contributed by atoms with Crippen molar-refractivity contribution in [1.29, 1.82) is 0 Å². The number of benzene rings is 1. The molecule has 3 N–H and O–H groups in total. The van der Waals surface area contributed by atoms with Crippen molar-refractivity contribution in [1.82, 2.24) is 10.4 Å². The molecule has 0 saturated carbocycles. The van der Waals surface area contributed by atoms with Gasteiger partial charge in [0.25, 0.3) is 0 Å². The lowest BCUT2D eigenvalue weighted by Gasteiger charge is -2.00. The van der Waals surface area contributed by atoms with Crippen molar-refractivity contribution in [3.8, 4) is 0 Å². The van der Waals surface area contributed by atoms with Gasteiger partial charge < -0.3 is 5.73 Å². The van der Waals surface area contributed by atoms with Crippen molar-refractivity contribution in [3.05, 3.63) is 41.6 Å². The van der Waals surface area contributed by atoms with Crippen LogP contribution >= 0.6 is 12.2 Å². The van der Waals surface area contributed by atoms with E-state index >= 15 is 0 Å². The molecule has 0 saturated heterocycles. The predicted molar refractivity (Wildman–Crippen MR) is 74.0 cm³/mol. The Morgan fingerprint density at radius 3 is 3.00 bits per heavy atom. The van der Waals surface area contributed by atoms with E-state index in [9.17, 15) is 0 Å². The number of nitrogens with one attached hydrogen (secondary N) is 1. The Morgan fingerprint density at radius 2 is 2.24 bits per heavy atom. The third-order valence-corrected chi connectivity index (χ3v) is 2.33. The Labute approximate surface area is 105 Å². The van der Waals surface area contributed by atoms with Gasteiger partial charge in [-0.15, -0.1) is 0 Å². The van der Waals surface area contributed by atoms with Crippen LogP contribution in [-0.2, 0) is 0 Å². The largest absolute Gasteiger partial charge is 0.375 e. The zero-order chi connectivity index (χ0) is 12.3. The number of hydrogen-bond acceptors (Lipinski definition) is 3. The zero-order valence-corrected chi connectivity index (χ0v) is 10.2. The minimum atomic E-state index is 0.152. The number of fused-ring (bicyclic) bond motifs is 1. The van der Waals surface area contributed by atoms with Crippen LogP contribution in [0.25, 0.3) is 10.9 Å². The first-order chi connectivity index (χ1) is 8.15. The van der Waals surface area contributed by atoms with E-state index in [-0.39, 0.29) is 5.11 Å². The molecule has 0 aliphatic rings. The predicted octanol–water partition coefficient (Wildman–Crippen LogP) is 1.71. The molecule has 2 rings (SSSR count). The van der Waals surface area contributed by atoms with Crippen molar-refractivity contribution in [3.63, 3.8) is 0 Å².